The van der Waals surface area contributed by atoms with Crippen LogP contribution in [0.3, 0.4) is 0 Å². The molecule has 60 valence electrons. The highest BCUT2D eigenvalue weighted by Crippen LogP contribution is 2.33. The molecule has 2 N–H and O–H groups in total. The Bertz CT molecular complexity index is 288. The molecular weight excluding hydrogens is 159 g/mol. The van der Waals surface area contributed by atoms with E-state index in [0.29, 0.717) is 5.82 Å². The molecule has 1 rings (SSSR count). The van der Waals surface area contributed by atoms with E-state index in [1.165, 1.54) is 0 Å². The molecular formula is C7H11N2OP. The molecule has 0 fully saturated rings. The summed E-state index contributed by atoms with van der Waals surface area (Å²) in [6, 6.07) is 3.41. The van der Waals surface area contributed by atoms with Gasteiger partial charge in [0.25, 0.3) is 0 Å². The monoisotopic (exact) mass is 170 g/mol. The standard InChI is InChI=1S/C7H11N2OP/c1-11(2,10)6-3-4-7(8)9-5-6/h3-5H,1-2H3,(H2,8,9). The van der Waals surface area contributed by atoms with Crippen molar-refractivity contribution < 1.29 is 4.57 Å². The van der Waals surface area contributed by atoms with Crippen molar-refractivity contribution in [2.24, 2.45) is 0 Å². The number of nitrogens with zero attached hydrogens (tertiary/aromatic N) is 1. The minimum absolute atomic E-state index is 0.460. The average molecular weight is 170 g/mol. The molecule has 0 radical (unpaired) electrons. The van der Waals surface area contributed by atoms with Crippen molar-refractivity contribution in [3.05, 3.63) is 18.3 Å². The first-order chi connectivity index (χ1) is 5.00. The molecule has 0 saturated carbocycles. The van der Waals surface area contributed by atoms with Crippen LogP contribution in [0.5, 0.6) is 0 Å². The van der Waals surface area contributed by atoms with Crippen molar-refractivity contribution in [1.29, 1.82) is 0 Å². The molecule has 1 aromatic rings. The molecule has 1 aromatic heterocycles. The van der Waals surface area contributed by atoms with Gasteiger partial charge in [-0.3, -0.25) is 0 Å². The Morgan fingerprint density at radius 1 is 1.45 bits per heavy atom. The third-order valence-corrected chi connectivity index (χ3v) is 2.90. The second-order valence-corrected chi connectivity index (χ2v) is 6.01. The molecule has 0 amide bonds. The van der Waals surface area contributed by atoms with Gasteiger partial charge in [-0.2, -0.15) is 0 Å². The molecule has 0 aliphatic rings. The summed E-state index contributed by atoms with van der Waals surface area (Å²) in [4.78, 5) is 3.85. The third kappa shape index (κ3) is 2.05. The minimum atomic E-state index is -2.16. The highest BCUT2D eigenvalue weighted by molar-refractivity contribution is 7.70. The molecule has 3 nitrogen and oxygen atoms in total. The van der Waals surface area contributed by atoms with Crippen LogP contribution in [0.25, 0.3) is 0 Å². The van der Waals surface area contributed by atoms with E-state index in [4.69, 9.17) is 5.73 Å². The maximum Gasteiger partial charge on any atom is 0.123 e. The van der Waals surface area contributed by atoms with Gasteiger partial charge in [0.2, 0.25) is 0 Å². The quantitative estimate of drug-likeness (QED) is 0.637. The molecule has 0 bridgehead atoms. The molecule has 4 heteroatoms. The van der Waals surface area contributed by atoms with Gasteiger partial charge in [-0.1, -0.05) is 0 Å². The zero-order valence-electron chi connectivity index (χ0n) is 6.61. The lowest BCUT2D eigenvalue weighted by atomic mass is 10.5. The maximum atomic E-state index is 11.4. The highest BCUT2D eigenvalue weighted by atomic mass is 31.2. The number of hydrogen-bond acceptors (Lipinski definition) is 3. The minimum Gasteiger partial charge on any atom is -0.384 e. The number of nitrogens with two attached hydrogens (primary N) is 1. The van der Waals surface area contributed by atoms with Crippen molar-refractivity contribution in [2.75, 3.05) is 19.1 Å². The zero-order chi connectivity index (χ0) is 8.48. The molecule has 0 spiro atoms. The van der Waals surface area contributed by atoms with E-state index < -0.39 is 7.14 Å². The summed E-state index contributed by atoms with van der Waals surface area (Å²) in [5, 5.41) is 0.770. The first-order valence-electron chi connectivity index (χ1n) is 3.27. The second-order valence-electron chi connectivity index (χ2n) is 2.79. The second kappa shape index (κ2) is 2.67. The number of anilines is 1. The van der Waals surface area contributed by atoms with Gasteiger partial charge < -0.3 is 10.3 Å². The van der Waals surface area contributed by atoms with E-state index in [2.05, 4.69) is 4.98 Å². The molecule has 0 unspecified atom stereocenters. The fourth-order valence-corrected chi connectivity index (χ4v) is 1.49. The van der Waals surface area contributed by atoms with Gasteiger partial charge in [-0.15, -0.1) is 0 Å². The SMILES string of the molecule is CP(C)(=O)c1ccc(N)nc1. The zero-order valence-corrected chi connectivity index (χ0v) is 7.51. The van der Waals surface area contributed by atoms with Gasteiger partial charge in [-0.25, -0.2) is 4.98 Å². The predicted octanol–water partition coefficient (Wildman–Crippen LogP) is 0.912. The van der Waals surface area contributed by atoms with Crippen LogP contribution in [-0.4, -0.2) is 18.3 Å². The normalized spacial score (nSPS) is 11.5. The van der Waals surface area contributed by atoms with Gasteiger partial charge in [0.1, 0.15) is 13.0 Å². The maximum absolute atomic E-state index is 11.4. The van der Waals surface area contributed by atoms with Gasteiger partial charge >= 0.3 is 0 Å². The number of aromatic nitrogens is 1. The smallest absolute Gasteiger partial charge is 0.123 e. The van der Waals surface area contributed by atoms with Crippen molar-refractivity contribution >= 4 is 18.3 Å². The fraction of sp³-hybridized carbons (Fsp3) is 0.286. The summed E-state index contributed by atoms with van der Waals surface area (Å²) in [7, 11) is -2.16. The van der Waals surface area contributed by atoms with Crippen molar-refractivity contribution in [3.8, 4) is 0 Å². The molecule has 0 saturated heterocycles. The summed E-state index contributed by atoms with van der Waals surface area (Å²) < 4.78 is 11.4. The lowest BCUT2D eigenvalue weighted by Crippen LogP contribution is -2.04. The Morgan fingerprint density at radius 3 is 2.45 bits per heavy atom. The van der Waals surface area contributed by atoms with Gasteiger partial charge in [0.05, 0.1) is 0 Å². The van der Waals surface area contributed by atoms with Crippen molar-refractivity contribution in [3.63, 3.8) is 0 Å². The Labute approximate surface area is 66.0 Å². The highest BCUT2D eigenvalue weighted by Gasteiger charge is 2.09. The van der Waals surface area contributed by atoms with Gasteiger partial charge in [-0.05, 0) is 25.5 Å². The Kier molecular flexibility index (Phi) is 2.01. The summed E-state index contributed by atoms with van der Waals surface area (Å²) in [5.74, 6) is 0.460. The van der Waals surface area contributed by atoms with Crippen LogP contribution in [0.2, 0.25) is 0 Å². The molecule has 0 aliphatic heterocycles. The van der Waals surface area contributed by atoms with Crippen LogP contribution in [0.4, 0.5) is 5.82 Å². The summed E-state index contributed by atoms with van der Waals surface area (Å²) >= 11 is 0. The predicted molar refractivity (Wildman–Crippen MR) is 47.7 cm³/mol. The van der Waals surface area contributed by atoms with Crippen LogP contribution in [0, 0.1) is 0 Å². The first kappa shape index (κ1) is 8.28. The van der Waals surface area contributed by atoms with E-state index in [9.17, 15) is 4.57 Å². The molecule has 0 atom stereocenters. The Balaban J connectivity index is 3.09. The average Bonchev–Trinajstić information content (AvgIpc) is 1.86. The number of pyridine rings is 1. The van der Waals surface area contributed by atoms with Crippen LogP contribution < -0.4 is 11.0 Å². The van der Waals surface area contributed by atoms with Crippen LogP contribution >= 0.6 is 7.14 Å². The Hall–Kier alpha value is -0.820. The molecule has 0 aromatic carbocycles. The van der Waals surface area contributed by atoms with E-state index in [-0.39, 0.29) is 0 Å². The molecule has 1 heterocycles. The largest absolute Gasteiger partial charge is 0.384 e. The van der Waals surface area contributed by atoms with Crippen LogP contribution in [0.1, 0.15) is 0 Å². The third-order valence-electron chi connectivity index (χ3n) is 1.39. The lowest BCUT2D eigenvalue weighted by molar-refractivity contribution is 0.588. The van der Waals surface area contributed by atoms with E-state index in [0.717, 1.165) is 5.30 Å². The van der Waals surface area contributed by atoms with E-state index >= 15 is 0 Å². The molecule has 0 aliphatic carbocycles. The van der Waals surface area contributed by atoms with E-state index in [1.807, 2.05) is 0 Å². The van der Waals surface area contributed by atoms with Crippen LogP contribution in [-0.2, 0) is 4.57 Å². The Morgan fingerprint density at radius 2 is 2.09 bits per heavy atom. The van der Waals surface area contributed by atoms with Gasteiger partial charge in [0.15, 0.2) is 0 Å². The first-order valence-corrected chi connectivity index (χ1v) is 5.87. The molecule has 11 heavy (non-hydrogen) atoms. The van der Waals surface area contributed by atoms with Crippen molar-refractivity contribution in [1.82, 2.24) is 4.98 Å². The lowest BCUT2D eigenvalue weighted by Gasteiger charge is -2.04. The van der Waals surface area contributed by atoms with Gasteiger partial charge in [0, 0.05) is 11.5 Å². The number of hydrogen-bond donors (Lipinski definition) is 1. The summed E-state index contributed by atoms with van der Waals surface area (Å²) in [6.45, 7) is 3.42. The number of rotatable bonds is 1. The van der Waals surface area contributed by atoms with E-state index in [1.54, 1.807) is 31.7 Å². The van der Waals surface area contributed by atoms with Crippen molar-refractivity contribution in [2.45, 2.75) is 0 Å². The number of nitrogen functional groups attached to an aromatic ring is 1. The summed E-state index contributed by atoms with van der Waals surface area (Å²) in [6.07, 6.45) is 1.57. The topological polar surface area (TPSA) is 56.0 Å². The van der Waals surface area contributed by atoms with Crippen LogP contribution in [0.15, 0.2) is 18.3 Å². The fourth-order valence-electron chi connectivity index (χ4n) is 0.716. The summed E-state index contributed by atoms with van der Waals surface area (Å²) in [5.41, 5.74) is 5.37.